The first-order valence-corrected chi connectivity index (χ1v) is 7.76. The minimum Gasteiger partial charge on any atom is -0.480 e. The maximum Gasteiger partial charge on any atom is 0.323 e. The SMILES string of the molecule is CCN(CC(=O)O)C(=O)c1cnn(-c2ccccc2)c1C1CC1. The zero-order valence-electron chi connectivity index (χ0n) is 13.0. The molecule has 1 amide bonds. The molecule has 6 heteroatoms. The van der Waals surface area contributed by atoms with Crippen LogP contribution in [-0.2, 0) is 4.79 Å². The summed E-state index contributed by atoms with van der Waals surface area (Å²) in [7, 11) is 0. The minimum absolute atomic E-state index is 0.265. The summed E-state index contributed by atoms with van der Waals surface area (Å²) in [6.07, 6.45) is 3.63. The van der Waals surface area contributed by atoms with E-state index >= 15 is 0 Å². The molecule has 1 aromatic carbocycles. The monoisotopic (exact) mass is 313 g/mol. The zero-order chi connectivity index (χ0) is 16.4. The second kappa shape index (κ2) is 6.24. The van der Waals surface area contributed by atoms with Gasteiger partial charge in [-0.2, -0.15) is 5.10 Å². The Labute approximate surface area is 134 Å². The lowest BCUT2D eigenvalue weighted by Gasteiger charge is -2.18. The molecule has 2 aromatic rings. The summed E-state index contributed by atoms with van der Waals surface area (Å²) in [6.45, 7) is 1.83. The largest absolute Gasteiger partial charge is 0.480 e. The summed E-state index contributed by atoms with van der Waals surface area (Å²) < 4.78 is 1.81. The van der Waals surface area contributed by atoms with Crippen LogP contribution in [0.4, 0.5) is 0 Å². The van der Waals surface area contributed by atoms with E-state index < -0.39 is 5.97 Å². The van der Waals surface area contributed by atoms with Gasteiger partial charge in [0.2, 0.25) is 0 Å². The normalized spacial score (nSPS) is 13.8. The molecule has 3 rings (SSSR count). The number of benzene rings is 1. The van der Waals surface area contributed by atoms with Crippen LogP contribution in [0.1, 0.15) is 41.7 Å². The Kier molecular flexibility index (Phi) is 4.14. The highest BCUT2D eigenvalue weighted by molar-refractivity contribution is 5.97. The number of carbonyl (C=O) groups is 2. The van der Waals surface area contributed by atoms with Crippen molar-refractivity contribution >= 4 is 11.9 Å². The van der Waals surface area contributed by atoms with Crippen LogP contribution >= 0.6 is 0 Å². The fraction of sp³-hybridized carbons (Fsp3) is 0.353. The average molecular weight is 313 g/mol. The van der Waals surface area contributed by atoms with Crippen LogP contribution in [0.2, 0.25) is 0 Å². The van der Waals surface area contributed by atoms with Gasteiger partial charge in [-0.1, -0.05) is 18.2 Å². The number of aliphatic carboxylic acids is 1. The van der Waals surface area contributed by atoms with E-state index in [9.17, 15) is 9.59 Å². The molecule has 1 aliphatic carbocycles. The number of amides is 1. The van der Waals surface area contributed by atoms with Crippen LogP contribution < -0.4 is 0 Å². The molecule has 23 heavy (non-hydrogen) atoms. The van der Waals surface area contributed by atoms with E-state index in [2.05, 4.69) is 5.10 Å². The fourth-order valence-electron chi connectivity index (χ4n) is 2.71. The van der Waals surface area contributed by atoms with Crippen molar-refractivity contribution < 1.29 is 14.7 Å². The van der Waals surface area contributed by atoms with E-state index in [1.165, 1.54) is 4.90 Å². The molecule has 1 aromatic heterocycles. The average Bonchev–Trinajstić information content (AvgIpc) is 3.30. The van der Waals surface area contributed by atoms with E-state index in [1.54, 1.807) is 17.8 Å². The second-order valence-electron chi connectivity index (χ2n) is 5.68. The van der Waals surface area contributed by atoms with Crippen LogP contribution in [0.25, 0.3) is 5.69 Å². The third-order valence-electron chi connectivity index (χ3n) is 4.00. The number of hydrogen-bond donors (Lipinski definition) is 1. The molecule has 1 saturated carbocycles. The third-order valence-corrected chi connectivity index (χ3v) is 4.00. The van der Waals surface area contributed by atoms with Gasteiger partial charge in [0.1, 0.15) is 6.54 Å². The lowest BCUT2D eigenvalue weighted by molar-refractivity contribution is -0.137. The maximum absolute atomic E-state index is 12.7. The molecule has 1 fully saturated rings. The van der Waals surface area contributed by atoms with E-state index in [0.29, 0.717) is 18.0 Å². The van der Waals surface area contributed by atoms with Crippen molar-refractivity contribution in [3.63, 3.8) is 0 Å². The Hall–Kier alpha value is -2.63. The number of hydrogen-bond acceptors (Lipinski definition) is 3. The molecule has 0 saturated heterocycles. The topological polar surface area (TPSA) is 75.4 Å². The summed E-state index contributed by atoms with van der Waals surface area (Å²) in [4.78, 5) is 25.0. The first-order valence-electron chi connectivity index (χ1n) is 7.76. The zero-order valence-corrected chi connectivity index (χ0v) is 13.0. The van der Waals surface area contributed by atoms with Crippen LogP contribution in [0.15, 0.2) is 36.5 Å². The Morgan fingerprint density at radius 3 is 2.57 bits per heavy atom. The van der Waals surface area contributed by atoms with Gasteiger partial charge in [0.15, 0.2) is 0 Å². The van der Waals surface area contributed by atoms with Gasteiger partial charge in [0, 0.05) is 12.5 Å². The predicted octanol–water partition coefficient (Wildman–Crippen LogP) is 2.30. The maximum atomic E-state index is 12.7. The fourth-order valence-corrected chi connectivity index (χ4v) is 2.71. The van der Waals surface area contributed by atoms with Gasteiger partial charge in [0.25, 0.3) is 5.91 Å². The Bertz CT molecular complexity index is 720. The molecule has 0 aliphatic heterocycles. The number of likely N-dealkylation sites (N-methyl/N-ethyl adjacent to an activating group) is 1. The number of rotatable bonds is 6. The third kappa shape index (κ3) is 3.11. The molecular formula is C17H19N3O3. The Morgan fingerprint density at radius 2 is 2.00 bits per heavy atom. The molecule has 0 atom stereocenters. The highest BCUT2D eigenvalue weighted by atomic mass is 16.4. The van der Waals surface area contributed by atoms with Gasteiger partial charge in [0.05, 0.1) is 23.1 Å². The molecule has 1 N–H and O–H groups in total. The quantitative estimate of drug-likeness (QED) is 0.888. The minimum atomic E-state index is -1.01. The number of carboxylic acid groups (broad SMARTS) is 1. The second-order valence-corrected chi connectivity index (χ2v) is 5.68. The van der Waals surface area contributed by atoms with Crippen LogP contribution in [0.3, 0.4) is 0 Å². The van der Waals surface area contributed by atoms with Gasteiger partial charge in [-0.25, -0.2) is 4.68 Å². The standard InChI is InChI=1S/C17H19N3O3/c1-2-19(11-15(21)22)17(23)14-10-18-20(16(14)12-8-9-12)13-6-4-3-5-7-13/h3-7,10,12H,2,8-9,11H2,1H3,(H,21,22). The Morgan fingerprint density at radius 1 is 1.30 bits per heavy atom. The van der Waals surface area contributed by atoms with Crippen molar-refractivity contribution in [1.82, 2.24) is 14.7 Å². The molecule has 0 bridgehead atoms. The van der Waals surface area contributed by atoms with Crippen LogP contribution in [-0.4, -0.2) is 44.8 Å². The van der Waals surface area contributed by atoms with Crippen molar-refractivity contribution in [3.05, 3.63) is 47.8 Å². The first kappa shape index (κ1) is 15.3. The molecule has 0 radical (unpaired) electrons. The number of nitrogens with zero attached hydrogens (tertiary/aromatic N) is 3. The van der Waals surface area contributed by atoms with Crippen molar-refractivity contribution in [2.45, 2.75) is 25.7 Å². The highest BCUT2D eigenvalue weighted by Gasteiger charge is 2.34. The molecule has 6 nitrogen and oxygen atoms in total. The van der Waals surface area contributed by atoms with Gasteiger partial charge in [-0.05, 0) is 31.9 Å². The van der Waals surface area contributed by atoms with Gasteiger partial charge in [-0.3, -0.25) is 9.59 Å². The molecule has 0 unspecified atom stereocenters. The predicted molar refractivity (Wildman–Crippen MR) is 84.8 cm³/mol. The lowest BCUT2D eigenvalue weighted by Crippen LogP contribution is -2.35. The van der Waals surface area contributed by atoms with E-state index in [0.717, 1.165) is 24.2 Å². The van der Waals surface area contributed by atoms with Crippen LogP contribution in [0, 0.1) is 0 Å². The number of para-hydroxylation sites is 1. The van der Waals surface area contributed by atoms with E-state index in [1.807, 2.05) is 30.3 Å². The molecule has 120 valence electrons. The lowest BCUT2D eigenvalue weighted by atomic mass is 10.1. The van der Waals surface area contributed by atoms with Crippen molar-refractivity contribution in [1.29, 1.82) is 0 Å². The van der Waals surface area contributed by atoms with Crippen molar-refractivity contribution in [2.24, 2.45) is 0 Å². The summed E-state index contributed by atoms with van der Waals surface area (Å²) in [5, 5.41) is 13.4. The molecule has 1 heterocycles. The van der Waals surface area contributed by atoms with Crippen LogP contribution in [0.5, 0.6) is 0 Å². The summed E-state index contributed by atoms with van der Waals surface area (Å²) in [5.74, 6) is -0.956. The van der Waals surface area contributed by atoms with Crippen molar-refractivity contribution in [3.8, 4) is 5.69 Å². The van der Waals surface area contributed by atoms with Gasteiger partial charge in [-0.15, -0.1) is 0 Å². The summed E-state index contributed by atoms with van der Waals surface area (Å²) in [6, 6.07) is 9.68. The number of aromatic nitrogens is 2. The number of carboxylic acids is 1. The first-order chi connectivity index (χ1) is 11.1. The van der Waals surface area contributed by atoms with Crippen molar-refractivity contribution in [2.75, 3.05) is 13.1 Å². The van der Waals surface area contributed by atoms with E-state index in [4.69, 9.17) is 5.11 Å². The molecule has 1 aliphatic rings. The number of carbonyl (C=O) groups excluding carboxylic acids is 1. The van der Waals surface area contributed by atoms with E-state index in [-0.39, 0.29) is 12.5 Å². The summed E-state index contributed by atoms with van der Waals surface area (Å²) >= 11 is 0. The highest BCUT2D eigenvalue weighted by Crippen LogP contribution is 2.42. The Balaban J connectivity index is 1.98. The smallest absolute Gasteiger partial charge is 0.323 e. The summed E-state index contributed by atoms with van der Waals surface area (Å²) in [5.41, 5.74) is 2.32. The van der Waals surface area contributed by atoms with Gasteiger partial charge >= 0.3 is 5.97 Å². The molecular weight excluding hydrogens is 294 g/mol. The van der Waals surface area contributed by atoms with Gasteiger partial charge < -0.3 is 10.0 Å². The molecule has 0 spiro atoms.